The van der Waals surface area contributed by atoms with E-state index >= 15 is 0 Å². The molecule has 2 rings (SSSR count). The van der Waals surface area contributed by atoms with E-state index in [4.69, 9.17) is 4.74 Å². The van der Waals surface area contributed by atoms with Crippen molar-refractivity contribution < 1.29 is 14.6 Å². The average Bonchev–Trinajstić information content (AvgIpc) is 2.42. The molecule has 20 heavy (non-hydrogen) atoms. The van der Waals surface area contributed by atoms with E-state index in [-0.39, 0.29) is 17.8 Å². The predicted molar refractivity (Wildman–Crippen MR) is 77.7 cm³/mol. The summed E-state index contributed by atoms with van der Waals surface area (Å²) in [6.45, 7) is 5.22. The van der Waals surface area contributed by atoms with Crippen molar-refractivity contribution in [1.82, 2.24) is 4.90 Å². The molecule has 1 N–H and O–H groups in total. The number of carbonyl (C=O) groups is 1. The zero-order valence-electron chi connectivity index (χ0n) is 12.4. The lowest BCUT2D eigenvalue weighted by Crippen LogP contribution is -2.56. The van der Waals surface area contributed by atoms with Gasteiger partial charge in [0.1, 0.15) is 11.2 Å². The van der Waals surface area contributed by atoms with Gasteiger partial charge in [-0.1, -0.05) is 12.1 Å². The molecule has 0 unspecified atom stereocenters. The fourth-order valence-corrected chi connectivity index (χ4v) is 3.21. The van der Waals surface area contributed by atoms with Crippen LogP contribution >= 0.6 is 0 Å². The summed E-state index contributed by atoms with van der Waals surface area (Å²) in [5.74, 6) is -0.00347. The van der Waals surface area contributed by atoms with Crippen LogP contribution in [0.5, 0.6) is 5.75 Å². The van der Waals surface area contributed by atoms with Crippen molar-refractivity contribution in [3.63, 3.8) is 0 Å². The smallest absolute Gasteiger partial charge is 0.318 e. The van der Waals surface area contributed by atoms with Crippen LogP contribution in [0.3, 0.4) is 0 Å². The first-order valence-electron chi connectivity index (χ1n) is 7.19. The van der Waals surface area contributed by atoms with Crippen LogP contribution < -0.4 is 0 Å². The molecular formula is C16H23NO3. The second kappa shape index (κ2) is 5.83. The number of aromatic hydroxyl groups is 1. The van der Waals surface area contributed by atoms with Crippen molar-refractivity contribution in [2.75, 3.05) is 20.2 Å². The zero-order chi connectivity index (χ0) is 14.8. The molecule has 1 aliphatic rings. The number of nitrogens with zero attached hydrogens (tertiary/aromatic N) is 1. The minimum Gasteiger partial charge on any atom is -0.508 e. The topological polar surface area (TPSA) is 49.8 Å². The Balaban J connectivity index is 2.51. The summed E-state index contributed by atoms with van der Waals surface area (Å²) in [5.41, 5.74) is 0.150. The minimum absolute atomic E-state index is 0.0390. The van der Waals surface area contributed by atoms with Crippen LogP contribution in [-0.2, 0) is 14.9 Å². The van der Waals surface area contributed by atoms with Gasteiger partial charge in [0.05, 0.1) is 6.61 Å². The Morgan fingerprint density at radius 3 is 2.95 bits per heavy atom. The quantitative estimate of drug-likeness (QED) is 0.861. The molecule has 1 aromatic carbocycles. The van der Waals surface area contributed by atoms with Crippen molar-refractivity contribution in [2.24, 2.45) is 0 Å². The minimum atomic E-state index is -0.693. The van der Waals surface area contributed by atoms with Crippen molar-refractivity contribution in [1.29, 1.82) is 0 Å². The van der Waals surface area contributed by atoms with E-state index in [0.717, 1.165) is 24.9 Å². The summed E-state index contributed by atoms with van der Waals surface area (Å²) < 4.78 is 5.35. The largest absolute Gasteiger partial charge is 0.508 e. The number of hydrogen-bond donors (Lipinski definition) is 1. The van der Waals surface area contributed by atoms with E-state index in [1.54, 1.807) is 18.2 Å². The highest BCUT2D eigenvalue weighted by molar-refractivity contribution is 5.84. The van der Waals surface area contributed by atoms with Crippen LogP contribution in [0.4, 0.5) is 0 Å². The van der Waals surface area contributed by atoms with Crippen molar-refractivity contribution in [3.8, 4) is 5.75 Å². The van der Waals surface area contributed by atoms with E-state index in [9.17, 15) is 9.90 Å². The van der Waals surface area contributed by atoms with Gasteiger partial charge in [0.25, 0.3) is 0 Å². The number of ether oxygens (including phenoxy) is 1. The molecule has 0 spiro atoms. The highest BCUT2D eigenvalue weighted by Crippen LogP contribution is 2.40. The summed E-state index contributed by atoms with van der Waals surface area (Å²) in [6, 6.07) is 7.04. The number of likely N-dealkylation sites (N-methyl/N-ethyl adjacent to an activating group) is 1. The summed E-state index contributed by atoms with van der Waals surface area (Å²) in [7, 11) is 2.03. The summed E-state index contributed by atoms with van der Waals surface area (Å²) in [5, 5.41) is 9.76. The molecule has 4 heteroatoms. The second-order valence-corrected chi connectivity index (χ2v) is 5.50. The summed E-state index contributed by atoms with van der Waals surface area (Å²) in [4.78, 5) is 14.8. The van der Waals surface area contributed by atoms with Gasteiger partial charge in [0, 0.05) is 6.04 Å². The number of piperidine rings is 1. The number of phenols is 1. The molecular weight excluding hydrogens is 254 g/mol. The van der Waals surface area contributed by atoms with Crippen molar-refractivity contribution in [3.05, 3.63) is 29.8 Å². The molecule has 0 bridgehead atoms. The van der Waals surface area contributed by atoms with Crippen LogP contribution in [0.1, 0.15) is 32.3 Å². The molecule has 1 aliphatic heterocycles. The maximum absolute atomic E-state index is 12.7. The third kappa shape index (κ3) is 2.40. The SMILES string of the molecule is CCOC(=O)[C@]1(c2cccc(O)c2)CCCN(C)[C@H]1C. The maximum atomic E-state index is 12.7. The Bertz CT molecular complexity index is 488. The number of hydrogen-bond acceptors (Lipinski definition) is 4. The standard InChI is InChI=1S/C16H23NO3/c1-4-20-15(19)16(9-6-10-17(3)12(16)2)13-7-5-8-14(18)11-13/h5,7-8,11-12,18H,4,6,9-10H2,1-3H3/t12-,16+/m0/s1. The molecule has 110 valence electrons. The van der Waals surface area contributed by atoms with Crippen LogP contribution in [0.15, 0.2) is 24.3 Å². The molecule has 0 aliphatic carbocycles. The molecule has 1 fully saturated rings. The summed E-state index contributed by atoms with van der Waals surface area (Å²) in [6.07, 6.45) is 1.69. The van der Waals surface area contributed by atoms with Gasteiger partial charge in [0.2, 0.25) is 0 Å². The van der Waals surface area contributed by atoms with Gasteiger partial charge in [-0.25, -0.2) is 0 Å². The molecule has 1 aromatic rings. The first kappa shape index (κ1) is 14.9. The lowest BCUT2D eigenvalue weighted by Gasteiger charge is -2.45. The highest BCUT2D eigenvalue weighted by atomic mass is 16.5. The summed E-state index contributed by atoms with van der Waals surface area (Å²) >= 11 is 0. The Morgan fingerprint density at radius 1 is 1.55 bits per heavy atom. The zero-order valence-corrected chi connectivity index (χ0v) is 12.4. The van der Waals surface area contributed by atoms with Gasteiger partial charge >= 0.3 is 5.97 Å². The molecule has 1 heterocycles. The van der Waals surface area contributed by atoms with E-state index in [1.165, 1.54) is 0 Å². The van der Waals surface area contributed by atoms with Gasteiger partial charge in [-0.3, -0.25) is 4.79 Å². The lowest BCUT2D eigenvalue weighted by atomic mass is 9.69. The van der Waals surface area contributed by atoms with Crippen LogP contribution in [0.25, 0.3) is 0 Å². The Kier molecular flexibility index (Phi) is 4.33. The Labute approximate surface area is 120 Å². The average molecular weight is 277 g/mol. The fraction of sp³-hybridized carbons (Fsp3) is 0.562. The number of rotatable bonds is 3. The van der Waals surface area contributed by atoms with Gasteiger partial charge in [-0.05, 0) is 58.0 Å². The highest BCUT2D eigenvalue weighted by Gasteiger charge is 2.49. The lowest BCUT2D eigenvalue weighted by molar-refractivity contribution is -0.155. The monoisotopic (exact) mass is 277 g/mol. The van der Waals surface area contributed by atoms with Crippen LogP contribution in [0, 0.1) is 0 Å². The Hall–Kier alpha value is -1.55. The number of carbonyl (C=O) groups excluding carboxylic acids is 1. The predicted octanol–water partition coefficient (Wildman–Crippen LogP) is 2.31. The number of esters is 1. The molecule has 0 amide bonds. The van der Waals surface area contributed by atoms with Crippen LogP contribution in [0.2, 0.25) is 0 Å². The molecule has 0 radical (unpaired) electrons. The van der Waals surface area contributed by atoms with E-state index in [1.807, 2.05) is 20.0 Å². The molecule has 1 saturated heterocycles. The molecule has 4 nitrogen and oxygen atoms in total. The molecule has 0 aromatic heterocycles. The fourth-order valence-electron chi connectivity index (χ4n) is 3.21. The maximum Gasteiger partial charge on any atom is 0.318 e. The first-order valence-corrected chi connectivity index (χ1v) is 7.19. The third-order valence-electron chi connectivity index (χ3n) is 4.46. The van der Waals surface area contributed by atoms with Gasteiger partial charge in [-0.15, -0.1) is 0 Å². The van der Waals surface area contributed by atoms with E-state index in [2.05, 4.69) is 11.8 Å². The number of likely N-dealkylation sites (tertiary alicyclic amines) is 1. The van der Waals surface area contributed by atoms with Gasteiger partial charge < -0.3 is 14.7 Å². The molecule has 2 atom stereocenters. The third-order valence-corrected chi connectivity index (χ3v) is 4.46. The van der Waals surface area contributed by atoms with Crippen molar-refractivity contribution >= 4 is 5.97 Å². The number of benzene rings is 1. The number of phenolic OH excluding ortho intramolecular Hbond substituents is 1. The van der Waals surface area contributed by atoms with E-state index < -0.39 is 5.41 Å². The van der Waals surface area contributed by atoms with Gasteiger partial charge in [-0.2, -0.15) is 0 Å². The van der Waals surface area contributed by atoms with E-state index in [0.29, 0.717) is 6.61 Å². The normalized spacial score (nSPS) is 27.2. The Morgan fingerprint density at radius 2 is 2.30 bits per heavy atom. The van der Waals surface area contributed by atoms with Crippen molar-refractivity contribution in [2.45, 2.75) is 38.1 Å². The molecule has 0 saturated carbocycles. The first-order chi connectivity index (χ1) is 9.52. The van der Waals surface area contributed by atoms with Gasteiger partial charge in [0.15, 0.2) is 0 Å². The van der Waals surface area contributed by atoms with Crippen LogP contribution in [-0.4, -0.2) is 42.2 Å². The second-order valence-electron chi connectivity index (χ2n) is 5.50.